The van der Waals surface area contributed by atoms with Crippen LogP contribution < -0.4 is 0 Å². The number of fused-ring (bicyclic) bond motifs is 1. The maximum absolute atomic E-state index is 13.1. The fraction of sp³-hybridized carbons (Fsp3) is 0.136. The molecule has 0 bridgehead atoms. The van der Waals surface area contributed by atoms with Crippen LogP contribution in [0.2, 0.25) is 0 Å². The van der Waals surface area contributed by atoms with Crippen molar-refractivity contribution < 1.29 is 14.4 Å². The highest BCUT2D eigenvalue weighted by Crippen LogP contribution is 2.34. The third kappa shape index (κ3) is 3.38. The van der Waals surface area contributed by atoms with Crippen LogP contribution in [0.4, 0.5) is 0 Å². The van der Waals surface area contributed by atoms with Gasteiger partial charge in [-0.1, -0.05) is 78.9 Å². The van der Waals surface area contributed by atoms with Crippen LogP contribution in [0.25, 0.3) is 0 Å². The van der Waals surface area contributed by atoms with Gasteiger partial charge in [0.15, 0.2) is 6.10 Å². The largest absolute Gasteiger partial charge is 0.350 e. The molecule has 26 heavy (non-hydrogen) atoms. The molecule has 0 saturated carbocycles. The summed E-state index contributed by atoms with van der Waals surface area (Å²) in [5.74, 6) is -0.224. The standard InChI is InChI=1S/C22H19NO3/c24-22-21(18-12-6-2-7-13-18)26-20-15-9-3-8-14-19(20)23(22)25-16-17-10-4-1-5-11-17/h1-15,20-21H,16H2/t20-,21-/m0/s1. The summed E-state index contributed by atoms with van der Waals surface area (Å²) in [4.78, 5) is 19.0. The van der Waals surface area contributed by atoms with Crippen LogP contribution in [0, 0.1) is 0 Å². The predicted molar refractivity (Wildman–Crippen MR) is 98.5 cm³/mol. The van der Waals surface area contributed by atoms with Crippen molar-refractivity contribution in [2.45, 2.75) is 18.8 Å². The Bertz CT molecular complexity index is 855. The minimum Gasteiger partial charge on any atom is -0.350 e. The fourth-order valence-corrected chi connectivity index (χ4v) is 3.01. The number of hydrogen-bond acceptors (Lipinski definition) is 3. The van der Waals surface area contributed by atoms with E-state index in [-0.39, 0.29) is 12.0 Å². The Morgan fingerprint density at radius 3 is 2.42 bits per heavy atom. The molecule has 4 heteroatoms. The molecule has 4 rings (SSSR count). The lowest BCUT2D eigenvalue weighted by atomic mass is 10.0. The SMILES string of the molecule is O=C1[C@H](c2ccccc2)O[C@H]2C=CC=CC=C2N1OCc1ccccc1. The van der Waals surface area contributed by atoms with Gasteiger partial charge in [-0.05, 0) is 23.3 Å². The molecule has 1 heterocycles. The van der Waals surface area contributed by atoms with Crippen LogP contribution in [0.1, 0.15) is 17.2 Å². The van der Waals surface area contributed by atoms with Gasteiger partial charge in [-0.25, -0.2) is 0 Å². The summed E-state index contributed by atoms with van der Waals surface area (Å²) >= 11 is 0. The average Bonchev–Trinajstić information content (AvgIpc) is 2.94. The maximum Gasteiger partial charge on any atom is 0.284 e. The molecule has 0 radical (unpaired) electrons. The van der Waals surface area contributed by atoms with Crippen LogP contribution in [0.15, 0.2) is 96.7 Å². The van der Waals surface area contributed by atoms with Gasteiger partial charge in [0.1, 0.15) is 12.7 Å². The van der Waals surface area contributed by atoms with E-state index in [0.29, 0.717) is 12.3 Å². The van der Waals surface area contributed by atoms with Crippen molar-refractivity contribution in [3.8, 4) is 0 Å². The molecule has 2 atom stereocenters. The number of rotatable bonds is 4. The van der Waals surface area contributed by atoms with E-state index in [9.17, 15) is 4.79 Å². The summed E-state index contributed by atoms with van der Waals surface area (Å²) in [7, 11) is 0. The van der Waals surface area contributed by atoms with Crippen molar-refractivity contribution >= 4 is 5.91 Å². The Morgan fingerprint density at radius 2 is 1.65 bits per heavy atom. The van der Waals surface area contributed by atoms with Crippen LogP contribution in [0.5, 0.6) is 0 Å². The molecule has 1 amide bonds. The van der Waals surface area contributed by atoms with Crippen LogP contribution in [-0.4, -0.2) is 17.1 Å². The third-order valence-electron chi connectivity index (χ3n) is 4.31. The number of nitrogens with zero attached hydrogens (tertiary/aromatic N) is 1. The third-order valence-corrected chi connectivity index (χ3v) is 4.31. The molecule has 130 valence electrons. The van der Waals surface area contributed by atoms with Crippen LogP contribution in [0.3, 0.4) is 0 Å². The Labute approximate surface area is 152 Å². The van der Waals surface area contributed by atoms with Crippen molar-refractivity contribution in [2.75, 3.05) is 0 Å². The van der Waals surface area contributed by atoms with E-state index in [0.717, 1.165) is 11.1 Å². The number of amides is 1. The molecule has 2 aliphatic rings. The van der Waals surface area contributed by atoms with Crippen molar-refractivity contribution in [2.24, 2.45) is 0 Å². The van der Waals surface area contributed by atoms with E-state index in [1.807, 2.05) is 91.0 Å². The van der Waals surface area contributed by atoms with E-state index >= 15 is 0 Å². The lowest BCUT2D eigenvalue weighted by molar-refractivity contribution is -0.211. The van der Waals surface area contributed by atoms with Crippen LogP contribution in [-0.2, 0) is 21.0 Å². The fourth-order valence-electron chi connectivity index (χ4n) is 3.01. The van der Waals surface area contributed by atoms with Crippen molar-refractivity contribution in [1.82, 2.24) is 5.06 Å². The molecular formula is C22H19NO3. The Balaban J connectivity index is 1.63. The summed E-state index contributed by atoms with van der Waals surface area (Å²) in [6.07, 6.45) is 8.45. The first-order chi connectivity index (χ1) is 12.8. The zero-order valence-corrected chi connectivity index (χ0v) is 14.2. The van der Waals surface area contributed by atoms with Gasteiger partial charge in [0.05, 0.1) is 5.70 Å². The highest BCUT2D eigenvalue weighted by Gasteiger charge is 2.40. The van der Waals surface area contributed by atoms with E-state index < -0.39 is 6.10 Å². The number of carbonyl (C=O) groups excluding carboxylic acids is 1. The summed E-state index contributed by atoms with van der Waals surface area (Å²) in [5.41, 5.74) is 2.50. The molecule has 0 aromatic heterocycles. The lowest BCUT2D eigenvalue weighted by Crippen LogP contribution is -2.45. The smallest absolute Gasteiger partial charge is 0.284 e. The molecule has 2 aromatic carbocycles. The van der Waals surface area contributed by atoms with Crippen molar-refractivity contribution in [1.29, 1.82) is 0 Å². The zero-order chi connectivity index (χ0) is 17.8. The maximum atomic E-state index is 13.1. The number of hydroxylamine groups is 2. The predicted octanol–water partition coefficient (Wildman–Crippen LogP) is 4.10. The van der Waals surface area contributed by atoms with Gasteiger partial charge < -0.3 is 4.74 Å². The number of benzene rings is 2. The second-order valence-corrected chi connectivity index (χ2v) is 6.10. The first kappa shape index (κ1) is 16.5. The van der Waals surface area contributed by atoms with E-state index in [1.54, 1.807) is 0 Å². The number of allylic oxidation sites excluding steroid dienone is 4. The number of ether oxygens (including phenoxy) is 1. The molecule has 0 spiro atoms. The van der Waals surface area contributed by atoms with Gasteiger partial charge in [-0.3, -0.25) is 9.63 Å². The molecule has 1 fully saturated rings. The number of carbonyl (C=O) groups is 1. The first-order valence-electron chi connectivity index (χ1n) is 8.59. The molecule has 1 aliphatic heterocycles. The molecule has 0 unspecified atom stereocenters. The van der Waals surface area contributed by atoms with Crippen LogP contribution >= 0.6 is 0 Å². The minimum absolute atomic E-state index is 0.224. The highest BCUT2D eigenvalue weighted by molar-refractivity contribution is 5.84. The second kappa shape index (κ2) is 7.52. The van der Waals surface area contributed by atoms with Crippen molar-refractivity contribution in [3.05, 3.63) is 108 Å². The first-order valence-corrected chi connectivity index (χ1v) is 8.59. The van der Waals surface area contributed by atoms with Gasteiger partial charge in [-0.15, -0.1) is 0 Å². The monoisotopic (exact) mass is 345 g/mol. The van der Waals surface area contributed by atoms with Gasteiger partial charge in [0, 0.05) is 0 Å². The normalized spacial score (nSPS) is 21.9. The quantitative estimate of drug-likeness (QED) is 0.837. The summed E-state index contributed by atoms with van der Waals surface area (Å²) in [5, 5.41) is 1.39. The molecule has 1 aliphatic carbocycles. The zero-order valence-electron chi connectivity index (χ0n) is 14.2. The molecule has 2 aromatic rings. The summed E-state index contributed by atoms with van der Waals surface area (Å²) in [6.45, 7) is 0.311. The van der Waals surface area contributed by atoms with Gasteiger partial charge >= 0.3 is 0 Å². The van der Waals surface area contributed by atoms with Crippen molar-refractivity contribution in [3.63, 3.8) is 0 Å². The molecule has 4 nitrogen and oxygen atoms in total. The molecule has 0 N–H and O–H groups in total. The second-order valence-electron chi connectivity index (χ2n) is 6.10. The summed E-state index contributed by atoms with van der Waals surface area (Å²) in [6, 6.07) is 19.3. The summed E-state index contributed by atoms with van der Waals surface area (Å²) < 4.78 is 6.08. The minimum atomic E-state index is -0.697. The molecule has 1 saturated heterocycles. The van der Waals surface area contributed by atoms with Gasteiger partial charge in [0.2, 0.25) is 0 Å². The Kier molecular flexibility index (Phi) is 4.78. The van der Waals surface area contributed by atoms with Gasteiger partial charge in [0.25, 0.3) is 5.91 Å². The van der Waals surface area contributed by atoms with Gasteiger partial charge in [-0.2, -0.15) is 5.06 Å². The van der Waals surface area contributed by atoms with E-state index in [4.69, 9.17) is 9.57 Å². The van der Waals surface area contributed by atoms with E-state index in [2.05, 4.69) is 0 Å². The molecular weight excluding hydrogens is 326 g/mol. The Hall–Kier alpha value is -2.95. The lowest BCUT2D eigenvalue weighted by Gasteiger charge is -2.37. The topological polar surface area (TPSA) is 38.8 Å². The number of morpholine rings is 1. The number of hydrogen-bond donors (Lipinski definition) is 0. The van der Waals surface area contributed by atoms with E-state index in [1.165, 1.54) is 5.06 Å². The average molecular weight is 345 g/mol. The highest BCUT2D eigenvalue weighted by atomic mass is 16.7. The Morgan fingerprint density at radius 1 is 0.923 bits per heavy atom.